The van der Waals surface area contributed by atoms with Crippen molar-refractivity contribution in [2.24, 2.45) is 0 Å². The van der Waals surface area contributed by atoms with E-state index in [0.29, 0.717) is 19.7 Å². The molecule has 2 N–H and O–H groups in total. The van der Waals surface area contributed by atoms with Gasteiger partial charge in [-0.15, -0.1) is 0 Å². The van der Waals surface area contributed by atoms with Gasteiger partial charge in [-0.1, -0.05) is 0 Å². The molecule has 2 rings (SSSR count). The summed E-state index contributed by atoms with van der Waals surface area (Å²) in [5, 5.41) is 11.7. The van der Waals surface area contributed by atoms with Crippen LogP contribution < -0.4 is 5.32 Å². The van der Waals surface area contributed by atoms with Crippen LogP contribution in [0, 0.1) is 0 Å². The molecule has 0 saturated carbocycles. The second kappa shape index (κ2) is 6.01. The van der Waals surface area contributed by atoms with Crippen molar-refractivity contribution >= 4 is 12.0 Å². The molecule has 2 aliphatic rings. The van der Waals surface area contributed by atoms with E-state index in [2.05, 4.69) is 5.32 Å². The first-order valence-corrected chi connectivity index (χ1v) is 6.15. The van der Waals surface area contributed by atoms with Gasteiger partial charge in [0, 0.05) is 19.7 Å². The molecule has 2 amide bonds. The maximum absolute atomic E-state index is 11.9. The number of carbonyl (C=O) groups excluding carboxylic acids is 1. The van der Waals surface area contributed by atoms with E-state index in [1.165, 1.54) is 4.90 Å². The van der Waals surface area contributed by atoms with E-state index in [4.69, 9.17) is 14.6 Å². The predicted octanol–water partition coefficient (Wildman–Crippen LogP) is -0.340. The number of carboxylic acid groups (broad SMARTS) is 1. The molecular formula is C11H18N2O5. The van der Waals surface area contributed by atoms with Crippen LogP contribution in [0.15, 0.2) is 0 Å². The lowest BCUT2D eigenvalue weighted by Crippen LogP contribution is -2.56. The summed E-state index contributed by atoms with van der Waals surface area (Å²) in [7, 11) is 0. The molecule has 2 saturated heterocycles. The largest absolute Gasteiger partial charge is 0.480 e. The zero-order valence-electron chi connectivity index (χ0n) is 10.1. The van der Waals surface area contributed by atoms with E-state index in [1.807, 2.05) is 0 Å². The summed E-state index contributed by atoms with van der Waals surface area (Å²) in [6, 6.07) is -1.26. The average molecular weight is 258 g/mol. The number of morpholine rings is 1. The van der Waals surface area contributed by atoms with E-state index in [9.17, 15) is 9.59 Å². The number of nitrogens with zero attached hydrogens (tertiary/aromatic N) is 1. The fourth-order valence-corrected chi connectivity index (χ4v) is 2.16. The molecule has 18 heavy (non-hydrogen) atoms. The number of ether oxygens (including phenoxy) is 2. The molecule has 0 bridgehead atoms. The fraction of sp³-hybridized carbons (Fsp3) is 0.818. The Morgan fingerprint density at radius 3 is 2.89 bits per heavy atom. The summed E-state index contributed by atoms with van der Waals surface area (Å²) < 4.78 is 10.5. The lowest BCUT2D eigenvalue weighted by atomic mass is 10.2. The highest BCUT2D eigenvalue weighted by atomic mass is 16.5. The van der Waals surface area contributed by atoms with Crippen LogP contribution in [0.4, 0.5) is 4.79 Å². The highest BCUT2D eigenvalue weighted by molar-refractivity contribution is 5.83. The third-order valence-corrected chi connectivity index (χ3v) is 3.18. The van der Waals surface area contributed by atoms with E-state index in [1.54, 1.807) is 0 Å². The SMILES string of the molecule is O=C(O)C1COCCN1C(=O)NCC1CCCO1. The monoisotopic (exact) mass is 258 g/mol. The Hall–Kier alpha value is -1.34. The summed E-state index contributed by atoms with van der Waals surface area (Å²) in [6.07, 6.45) is 2.00. The molecule has 2 atom stereocenters. The van der Waals surface area contributed by atoms with Gasteiger partial charge in [0.1, 0.15) is 0 Å². The van der Waals surface area contributed by atoms with E-state index in [-0.39, 0.29) is 18.7 Å². The van der Waals surface area contributed by atoms with Gasteiger partial charge in [-0.2, -0.15) is 0 Å². The maximum Gasteiger partial charge on any atom is 0.328 e. The summed E-state index contributed by atoms with van der Waals surface area (Å²) in [5.41, 5.74) is 0. The second-order valence-corrected chi connectivity index (χ2v) is 4.44. The number of nitrogens with one attached hydrogen (secondary N) is 1. The zero-order chi connectivity index (χ0) is 13.0. The quantitative estimate of drug-likeness (QED) is 0.723. The summed E-state index contributed by atoms with van der Waals surface area (Å²) in [6.45, 7) is 1.88. The van der Waals surface area contributed by atoms with Gasteiger partial charge in [-0.25, -0.2) is 9.59 Å². The molecule has 0 spiro atoms. The van der Waals surface area contributed by atoms with E-state index in [0.717, 1.165) is 19.4 Å². The summed E-state index contributed by atoms with van der Waals surface area (Å²) >= 11 is 0. The molecule has 2 aliphatic heterocycles. The number of carbonyl (C=O) groups is 2. The number of urea groups is 1. The van der Waals surface area contributed by atoms with Crippen LogP contribution in [0.3, 0.4) is 0 Å². The molecule has 0 aromatic rings. The molecule has 2 unspecified atom stereocenters. The van der Waals surface area contributed by atoms with Crippen LogP contribution in [-0.2, 0) is 14.3 Å². The van der Waals surface area contributed by atoms with Crippen molar-refractivity contribution in [2.75, 3.05) is 32.9 Å². The van der Waals surface area contributed by atoms with Gasteiger partial charge in [0.05, 0.1) is 19.3 Å². The molecule has 0 aromatic carbocycles. The smallest absolute Gasteiger partial charge is 0.328 e. The Morgan fingerprint density at radius 1 is 1.39 bits per heavy atom. The average Bonchev–Trinajstić information content (AvgIpc) is 2.89. The highest BCUT2D eigenvalue weighted by Crippen LogP contribution is 2.11. The third-order valence-electron chi connectivity index (χ3n) is 3.18. The fourth-order valence-electron chi connectivity index (χ4n) is 2.16. The van der Waals surface area contributed by atoms with Crippen molar-refractivity contribution in [2.45, 2.75) is 25.0 Å². The first-order valence-electron chi connectivity index (χ1n) is 6.15. The van der Waals surface area contributed by atoms with Crippen LogP contribution in [-0.4, -0.2) is 67.1 Å². The maximum atomic E-state index is 11.9. The van der Waals surface area contributed by atoms with Crippen molar-refractivity contribution in [3.63, 3.8) is 0 Å². The molecule has 102 valence electrons. The van der Waals surface area contributed by atoms with Gasteiger partial charge in [0.15, 0.2) is 6.04 Å². The topological polar surface area (TPSA) is 88.1 Å². The van der Waals surface area contributed by atoms with E-state index < -0.39 is 12.0 Å². The van der Waals surface area contributed by atoms with Gasteiger partial charge >= 0.3 is 12.0 Å². The number of hydrogen-bond donors (Lipinski definition) is 2. The molecule has 2 fully saturated rings. The lowest BCUT2D eigenvalue weighted by Gasteiger charge is -2.33. The minimum atomic E-state index is -1.04. The van der Waals surface area contributed by atoms with Crippen LogP contribution in [0.1, 0.15) is 12.8 Å². The van der Waals surface area contributed by atoms with Crippen LogP contribution >= 0.6 is 0 Å². The highest BCUT2D eigenvalue weighted by Gasteiger charge is 2.33. The van der Waals surface area contributed by atoms with Gasteiger partial charge in [-0.05, 0) is 12.8 Å². The van der Waals surface area contributed by atoms with Crippen LogP contribution in [0.2, 0.25) is 0 Å². The molecule has 0 aliphatic carbocycles. The van der Waals surface area contributed by atoms with Crippen molar-refractivity contribution in [3.05, 3.63) is 0 Å². The molecule has 0 radical (unpaired) electrons. The van der Waals surface area contributed by atoms with Crippen molar-refractivity contribution in [1.29, 1.82) is 0 Å². The zero-order valence-corrected chi connectivity index (χ0v) is 10.1. The van der Waals surface area contributed by atoms with Crippen molar-refractivity contribution < 1.29 is 24.2 Å². The minimum absolute atomic E-state index is 0.0443. The van der Waals surface area contributed by atoms with Gasteiger partial charge in [-0.3, -0.25) is 0 Å². The normalized spacial score (nSPS) is 28.1. The number of hydrogen-bond acceptors (Lipinski definition) is 4. The van der Waals surface area contributed by atoms with Crippen molar-refractivity contribution in [1.82, 2.24) is 10.2 Å². The Kier molecular flexibility index (Phi) is 4.38. The molecule has 2 heterocycles. The number of rotatable bonds is 3. The first-order chi connectivity index (χ1) is 8.68. The summed E-state index contributed by atoms with van der Waals surface area (Å²) in [4.78, 5) is 24.2. The standard InChI is InChI=1S/C11H18N2O5/c14-10(15)9-7-17-5-3-13(9)11(16)12-6-8-2-1-4-18-8/h8-9H,1-7H2,(H,12,16)(H,14,15). The number of amides is 2. The van der Waals surface area contributed by atoms with Gasteiger partial charge < -0.3 is 24.8 Å². The van der Waals surface area contributed by atoms with Crippen molar-refractivity contribution in [3.8, 4) is 0 Å². The minimum Gasteiger partial charge on any atom is -0.480 e. The molecule has 7 nitrogen and oxygen atoms in total. The Labute approximate surface area is 105 Å². The molecular weight excluding hydrogens is 240 g/mol. The van der Waals surface area contributed by atoms with Gasteiger partial charge in [0.2, 0.25) is 0 Å². The van der Waals surface area contributed by atoms with Gasteiger partial charge in [0.25, 0.3) is 0 Å². The third kappa shape index (κ3) is 3.11. The van der Waals surface area contributed by atoms with Crippen LogP contribution in [0.25, 0.3) is 0 Å². The second-order valence-electron chi connectivity index (χ2n) is 4.44. The molecule has 7 heteroatoms. The Balaban J connectivity index is 1.83. The van der Waals surface area contributed by atoms with E-state index >= 15 is 0 Å². The number of aliphatic carboxylic acids is 1. The van der Waals surface area contributed by atoms with Crippen LogP contribution in [0.5, 0.6) is 0 Å². The first kappa shape index (κ1) is 13.1. The summed E-state index contributed by atoms with van der Waals surface area (Å²) in [5.74, 6) is -1.04. The lowest BCUT2D eigenvalue weighted by molar-refractivity contribution is -0.147. The predicted molar refractivity (Wildman–Crippen MR) is 61.3 cm³/mol. The Bertz CT molecular complexity index is 317. The molecule has 0 aromatic heterocycles. The Morgan fingerprint density at radius 2 is 2.22 bits per heavy atom. The number of carboxylic acids is 1.